The molecule has 0 rings (SSSR count). The van der Waals surface area contributed by atoms with Gasteiger partial charge in [0.05, 0.1) is 6.26 Å². The number of ether oxygens (including phenoxy) is 2. The van der Waals surface area contributed by atoms with Gasteiger partial charge in [0.15, 0.2) is 6.10 Å². The predicted molar refractivity (Wildman–Crippen MR) is 43.7 cm³/mol. The molecule has 82 valence electrons. The third-order valence-electron chi connectivity index (χ3n) is 1.07. The fraction of sp³-hybridized carbons (Fsp3) is 0.667. The van der Waals surface area contributed by atoms with E-state index >= 15 is 0 Å². The first-order chi connectivity index (χ1) is 6.49. The molecule has 0 aromatic heterocycles. The molecule has 1 atom stereocenters. The zero-order valence-electron chi connectivity index (χ0n) is 7.41. The SMILES string of the molecule is CS(=O)(=O)OCC(COC=O)OC=O. The van der Waals surface area contributed by atoms with E-state index in [1.807, 2.05) is 0 Å². The molecule has 0 radical (unpaired) electrons. The molecule has 8 heteroatoms. The van der Waals surface area contributed by atoms with Gasteiger partial charge in [-0.2, -0.15) is 8.42 Å². The molecule has 0 bridgehead atoms. The molecule has 0 amide bonds. The van der Waals surface area contributed by atoms with E-state index in [4.69, 9.17) is 0 Å². The number of rotatable bonds is 8. The molecule has 0 fully saturated rings. The van der Waals surface area contributed by atoms with Crippen LogP contribution in [0.5, 0.6) is 0 Å². The quantitative estimate of drug-likeness (QED) is 0.374. The number of carbonyl (C=O) groups excluding carboxylic acids is 2. The Morgan fingerprint density at radius 3 is 2.29 bits per heavy atom. The van der Waals surface area contributed by atoms with Gasteiger partial charge >= 0.3 is 0 Å². The highest BCUT2D eigenvalue weighted by Gasteiger charge is 2.13. The van der Waals surface area contributed by atoms with Crippen LogP contribution < -0.4 is 0 Å². The lowest BCUT2D eigenvalue weighted by Gasteiger charge is -2.12. The van der Waals surface area contributed by atoms with Gasteiger partial charge in [0, 0.05) is 0 Å². The molecule has 0 aromatic carbocycles. The highest BCUT2D eigenvalue weighted by molar-refractivity contribution is 7.85. The molecule has 0 spiro atoms. The third-order valence-corrected chi connectivity index (χ3v) is 1.63. The summed E-state index contributed by atoms with van der Waals surface area (Å²) in [5, 5.41) is 0. The maximum atomic E-state index is 10.5. The van der Waals surface area contributed by atoms with Crippen molar-refractivity contribution in [1.29, 1.82) is 0 Å². The van der Waals surface area contributed by atoms with E-state index in [1.165, 1.54) is 0 Å². The highest BCUT2D eigenvalue weighted by Crippen LogP contribution is 1.96. The second-order valence-electron chi connectivity index (χ2n) is 2.27. The van der Waals surface area contributed by atoms with E-state index in [1.54, 1.807) is 0 Å². The van der Waals surface area contributed by atoms with Gasteiger partial charge in [-0.05, 0) is 0 Å². The van der Waals surface area contributed by atoms with Crippen LogP contribution >= 0.6 is 0 Å². The predicted octanol–water partition coefficient (Wildman–Crippen LogP) is -1.32. The first kappa shape index (κ1) is 12.8. The fourth-order valence-electron chi connectivity index (χ4n) is 0.551. The van der Waals surface area contributed by atoms with E-state index in [0.29, 0.717) is 0 Å². The molecule has 0 N–H and O–H groups in total. The van der Waals surface area contributed by atoms with Gasteiger partial charge in [-0.15, -0.1) is 0 Å². The summed E-state index contributed by atoms with van der Waals surface area (Å²) >= 11 is 0. The van der Waals surface area contributed by atoms with Gasteiger partial charge in [0.1, 0.15) is 13.2 Å². The maximum Gasteiger partial charge on any atom is 0.293 e. The molecule has 0 heterocycles. The van der Waals surface area contributed by atoms with Gasteiger partial charge in [-0.1, -0.05) is 0 Å². The van der Waals surface area contributed by atoms with Gasteiger partial charge in [-0.3, -0.25) is 13.8 Å². The number of carbonyl (C=O) groups is 2. The minimum absolute atomic E-state index is 0.116. The smallest absolute Gasteiger partial charge is 0.293 e. The summed E-state index contributed by atoms with van der Waals surface area (Å²) in [7, 11) is -3.60. The maximum absolute atomic E-state index is 10.5. The van der Waals surface area contributed by atoms with Crippen molar-refractivity contribution in [3.8, 4) is 0 Å². The van der Waals surface area contributed by atoms with Crippen LogP contribution in [0.1, 0.15) is 0 Å². The summed E-state index contributed by atoms with van der Waals surface area (Å²) in [6, 6.07) is 0. The van der Waals surface area contributed by atoms with Crippen molar-refractivity contribution in [2.45, 2.75) is 6.10 Å². The summed E-state index contributed by atoms with van der Waals surface area (Å²) < 4.78 is 34.1. The summed E-state index contributed by atoms with van der Waals surface area (Å²) in [6.07, 6.45) is -0.0710. The average Bonchev–Trinajstić information content (AvgIpc) is 2.08. The molecule has 0 saturated carbocycles. The molecular formula is C6H10O7S. The largest absolute Gasteiger partial charge is 0.464 e. The third kappa shape index (κ3) is 7.50. The average molecular weight is 226 g/mol. The first-order valence-corrected chi connectivity index (χ1v) is 5.30. The Bertz CT molecular complexity index is 270. The van der Waals surface area contributed by atoms with Gasteiger partial charge < -0.3 is 9.47 Å². The van der Waals surface area contributed by atoms with Crippen LogP contribution in [0.4, 0.5) is 0 Å². The van der Waals surface area contributed by atoms with Crippen LogP contribution in [0.3, 0.4) is 0 Å². The van der Waals surface area contributed by atoms with Crippen molar-refractivity contribution >= 4 is 23.1 Å². The van der Waals surface area contributed by atoms with Crippen molar-refractivity contribution in [3.05, 3.63) is 0 Å². The number of hydrogen-bond donors (Lipinski definition) is 0. The second kappa shape index (κ2) is 6.33. The topological polar surface area (TPSA) is 96.0 Å². The molecule has 7 nitrogen and oxygen atoms in total. The van der Waals surface area contributed by atoms with E-state index < -0.39 is 16.2 Å². The van der Waals surface area contributed by atoms with Gasteiger partial charge in [0.25, 0.3) is 23.1 Å². The van der Waals surface area contributed by atoms with Crippen LogP contribution in [0.2, 0.25) is 0 Å². The minimum Gasteiger partial charge on any atom is -0.464 e. The first-order valence-electron chi connectivity index (χ1n) is 3.48. The lowest BCUT2D eigenvalue weighted by atomic mass is 10.4. The standard InChI is InChI=1S/C6H10O7S/c1-14(9,10)13-3-6(12-5-8)2-11-4-7/h4-6H,2-3H2,1H3. The Labute approximate surface area is 81.1 Å². The highest BCUT2D eigenvalue weighted by atomic mass is 32.2. The van der Waals surface area contributed by atoms with Crippen LogP contribution in [-0.2, 0) is 33.4 Å². The fourth-order valence-corrected chi connectivity index (χ4v) is 0.950. The van der Waals surface area contributed by atoms with Gasteiger partial charge in [0.2, 0.25) is 0 Å². The van der Waals surface area contributed by atoms with Crippen LogP contribution in [0.15, 0.2) is 0 Å². The molecule has 14 heavy (non-hydrogen) atoms. The summed E-state index contributed by atoms with van der Waals surface area (Å²) in [5.41, 5.74) is 0. The van der Waals surface area contributed by atoms with Crippen LogP contribution in [0.25, 0.3) is 0 Å². The van der Waals surface area contributed by atoms with Crippen molar-refractivity contribution in [2.24, 2.45) is 0 Å². The normalized spacial score (nSPS) is 12.9. The Hall–Kier alpha value is -1.15. The van der Waals surface area contributed by atoms with Crippen LogP contribution in [-0.4, -0.2) is 46.9 Å². The lowest BCUT2D eigenvalue weighted by Crippen LogP contribution is -2.26. The lowest BCUT2D eigenvalue weighted by molar-refractivity contribution is -0.144. The van der Waals surface area contributed by atoms with Crippen molar-refractivity contribution in [1.82, 2.24) is 0 Å². The molecule has 0 aliphatic carbocycles. The molecular weight excluding hydrogens is 216 g/mol. The summed E-state index contributed by atoms with van der Waals surface area (Å²) in [6.45, 7) is -0.366. The Kier molecular flexibility index (Phi) is 5.81. The van der Waals surface area contributed by atoms with Crippen molar-refractivity contribution in [3.63, 3.8) is 0 Å². The minimum atomic E-state index is -3.60. The molecule has 0 saturated heterocycles. The Morgan fingerprint density at radius 1 is 1.21 bits per heavy atom. The monoisotopic (exact) mass is 226 g/mol. The van der Waals surface area contributed by atoms with Gasteiger partial charge in [-0.25, -0.2) is 0 Å². The molecule has 1 unspecified atom stereocenters. The molecule has 0 aliphatic heterocycles. The Balaban J connectivity index is 3.95. The molecule has 0 aromatic rings. The van der Waals surface area contributed by atoms with Crippen molar-refractivity contribution < 1.29 is 31.7 Å². The van der Waals surface area contributed by atoms with E-state index in [2.05, 4.69) is 13.7 Å². The second-order valence-corrected chi connectivity index (χ2v) is 3.92. The van der Waals surface area contributed by atoms with Crippen LogP contribution in [0, 0.1) is 0 Å². The zero-order chi connectivity index (χ0) is 11.0. The number of hydrogen-bond acceptors (Lipinski definition) is 7. The van der Waals surface area contributed by atoms with Crippen molar-refractivity contribution in [2.75, 3.05) is 19.5 Å². The van der Waals surface area contributed by atoms with E-state index in [9.17, 15) is 18.0 Å². The molecule has 0 aliphatic rings. The summed E-state index contributed by atoms with van der Waals surface area (Å²) in [5.74, 6) is 0. The zero-order valence-corrected chi connectivity index (χ0v) is 8.23. The summed E-state index contributed by atoms with van der Waals surface area (Å²) in [4.78, 5) is 19.7. The Morgan fingerprint density at radius 2 is 1.86 bits per heavy atom. The van der Waals surface area contributed by atoms with E-state index in [0.717, 1.165) is 6.26 Å². The van der Waals surface area contributed by atoms with E-state index in [-0.39, 0.29) is 26.2 Å².